The molecule has 0 saturated heterocycles. The molecule has 0 aliphatic heterocycles. The molecule has 8 heteroatoms. The van der Waals surface area contributed by atoms with Crippen LogP contribution in [0.4, 0.5) is 13.2 Å². The van der Waals surface area contributed by atoms with E-state index >= 15 is 0 Å². The van der Waals surface area contributed by atoms with Crippen LogP contribution in [0.5, 0.6) is 0 Å². The zero-order valence-corrected chi connectivity index (χ0v) is 18.3. The number of pyridine rings is 1. The first-order valence-corrected chi connectivity index (χ1v) is 10.3. The van der Waals surface area contributed by atoms with Crippen molar-refractivity contribution < 1.29 is 13.2 Å². The number of halogens is 4. The Labute approximate surface area is 187 Å². The van der Waals surface area contributed by atoms with Gasteiger partial charge in [-0.1, -0.05) is 36.7 Å². The highest BCUT2D eigenvalue weighted by Crippen LogP contribution is 2.35. The van der Waals surface area contributed by atoms with Gasteiger partial charge in [-0.05, 0) is 55.3 Å². The van der Waals surface area contributed by atoms with Crippen LogP contribution in [0.25, 0.3) is 28.0 Å². The summed E-state index contributed by atoms with van der Waals surface area (Å²) in [6.07, 6.45) is -4.43. The third-order valence-corrected chi connectivity index (χ3v) is 5.39. The molecule has 0 unspecified atom stereocenters. The van der Waals surface area contributed by atoms with Gasteiger partial charge >= 0.3 is 6.18 Å². The average molecular weight is 458 g/mol. The maximum Gasteiger partial charge on any atom is 0.417 e. The van der Waals surface area contributed by atoms with E-state index in [0.717, 1.165) is 17.2 Å². The fourth-order valence-corrected chi connectivity index (χ4v) is 3.93. The predicted octanol–water partition coefficient (Wildman–Crippen LogP) is 6.30. The summed E-state index contributed by atoms with van der Waals surface area (Å²) in [7, 11) is 0. The van der Waals surface area contributed by atoms with Crippen molar-refractivity contribution in [2.45, 2.75) is 33.4 Å². The van der Waals surface area contributed by atoms with Crippen molar-refractivity contribution >= 4 is 22.6 Å². The minimum Gasteiger partial charge on any atom is -0.268 e. The second kappa shape index (κ2) is 8.06. The smallest absolute Gasteiger partial charge is 0.268 e. The van der Waals surface area contributed by atoms with Crippen molar-refractivity contribution in [3.63, 3.8) is 0 Å². The molecule has 2 aromatic carbocycles. The Hall–Kier alpha value is -3.19. The Morgan fingerprint density at radius 3 is 2.16 bits per heavy atom. The quantitative estimate of drug-likeness (QED) is 0.363. The number of benzene rings is 2. The van der Waals surface area contributed by atoms with Crippen molar-refractivity contribution in [1.82, 2.24) is 14.5 Å². The molecule has 164 valence electrons. The van der Waals surface area contributed by atoms with Gasteiger partial charge in [0.2, 0.25) is 0 Å². The molecule has 0 aliphatic rings. The summed E-state index contributed by atoms with van der Waals surface area (Å²) in [6.45, 7) is 5.52. The second-order valence-corrected chi connectivity index (χ2v) is 8.06. The molecule has 4 aromatic rings. The van der Waals surface area contributed by atoms with Crippen LogP contribution in [0.2, 0.25) is 5.02 Å². The largest absolute Gasteiger partial charge is 0.417 e. The number of rotatable bonds is 3. The lowest BCUT2D eigenvalue weighted by Crippen LogP contribution is -2.26. The normalized spacial score (nSPS) is 11.8. The first-order valence-electron chi connectivity index (χ1n) is 9.97. The summed E-state index contributed by atoms with van der Waals surface area (Å²) in [5.74, 6) is 0.335. The van der Waals surface area contributed by atoms with Gasteiger partial charge in [0.15, 0.2) is 5.65 Å². The van der Waals surface area contributed by atoms with Gasteiger partial charge in [-0.25, -0.2) is 9.97 Å². The monoisotopic (exact) mass is 457 g/mol. The van der Waals surface area contributed by atoms with Gasteiger partial charge in [-0.2, -0.15) is 13.2 Å². The number of alkyl halides is 3. The zero-order valence-electron chi connectivity index (χ0n) is 17.6. The number of aryl methyl sites for hydroxylation is 3. The van der Waals surface area contributed by atoms with Gasteiger partial charge in [0.1, 0.15) is 5.82 Å². The van der Waals surface area contributed by atoms with E-state index in [1.807, 2.05) is 19.9 Å². The van der Waals surface area contributed by atoms with E-state index in [0.29, 0.717) is 28.5 Å². The molecule has 4 nitrogen and oxygen atoms in total. The van der Waals surface area contributed by atoms with Crippen molar-refractivity contribution in [3.05, 3.63) is 86.4 Å². The predicted molar refractivity (Wildman–Crippen MR) is 119 cm³/mol. The van der Waals surface area contributed by atoms with Crippen molar-refractivity contribution in [3.8, 4) is 16.9 Å². The summed E-state index contributed by atoms with van der Waals surface area (Å²) in [5, 5.41) is -0.0973. The van der Waals surface area contributed by atoms with Crippen LogP contribution in [-0.2, 0) is 12.6 Å². The Morgan fingerprint density at radius 1 is 0.969 bits per heavy atom. The first-order chi connectivity index (χ1) is 15.1. The fourth-order valence-electron chi connectivity index (χ4n) is 3.80. The fraction of sp³-hybridized carbons (Fsp3) is 0.208. The number of fused-ring (bicyclic) bond motifs is 1. The third-order valence-electron chi connectivity index (χ3n) is 5.14. The van der Waals surface area contributed by atoms with Gasteiger partial charge in [-0.15, -0.1) is 0 Å². The van der Waals surface area contributed by atoms with E-state index in [4.69, 9.17) is 11.6 Å². The molecule has 0 saturated carbocycles. The Balaban J connectivity index is 2.10. The average Bonchev–Trinajstić information content (AvgIpc) is 2.71. The van der Waals surface area contributed by atoms with Crippen LogP contribution in [0.15, 0.2) is 53.3 Å². The SMILES string of the molecule is CCc1nc2nc(-c3ccc(Cl)cc3)cc(C(F)(F)F)c2c(=O)n1-c1cc(C)cc(C)c1. The molecule has 0 aliphatic carbocycles. The lowest BCUT2D eigenvalue weighted by molar-refractivity contribution is -0.136. The molecule has 2 heterocycles. The minimum absolute atomic E-state index is 0.0691. The molecular weight excluding hydrogens is 439 g/mol. The Kier molecular flexibility index (Phi) is 5.54. The van der Waals surface area contributed by atoms with Gasteiger partial charge in [0.25, 0.3) is 5.56 Å². The topological polar surface area (TPSA) is 47.8 Å². The minimum atomic E-state index is -4.77. The molecule has 0 amide bonds. The number of nitrogens with zero attached hydrogens (tertiary/aromatic N) is 3. The Morgan fingerprint density at radius 2 is 1.59 bits per heavy atom. The van der Waals surface area contributed by atoms with E-state index in [9.17, 15) is 18.0 Å². The van der Waals surface area contributed by atoms with Crippen molar-refractivity contribution in [2.75, 3.05) is 0 Å². The van der Waals surface area contributed by atoms with E-state index < -0.39 is 22.7 Å². The maximum absolute atomic E-state index is 14.1. The molecule has 0 bridgehead atoms. The van der Waals surface area contributed by atoms with Crippen LogP contribution >= 0.6 is 11.6 Å². The van der Waals surface area contributed by atoms with Crippen LogP contribution in [-0.4, -0.2) is 14.5 Å². The number of hydrogen-bond acceptors (Lipinski definition) is 3. The van der Waals surface area contributed by atoms with Crippen molar-refractivity contribution in [2.24, 2.45) is 0 Å². The van der Waals surface area contributed by atoms with E-state index in [2.05, 4.69) is 9.97 Å². The summed E-state index contributed by atoms with van der Waals surface area (Å²) in [5.41, 5.74) is 0.688. The van der Waals surface area contributed by atoms with E-state index in [1.54, 1.807) is 43.3 Å². The van der Waals surface area contributed by atoms with Gasteiger partial charge < -0.3 is 0 Å². The van der Waals surface area contributed by atoms with Crippen LogP contribution < -0.4 is 5.56 Å². The lowest BCUT2D eigenvalue weighted by Gasteiger charge is -2.17. The van der Waals surface area contributed by atoms with Crippen LogP contribution in [0, 0.1) is 13.8 Å². The van der Waals surface area contributed by atoms with Gasteiger partial charge in [0.05, 0.1) is 22.3 Å². The highest BCUT2D eigenvalue weighted by molar-refractivity contribution is 6.30. The van der Waals surface area contributed by atoms with Gasteiger partial charge in [-0.3, -0.25) is 9.36 Å². The summed E-state index contributed by atoms with van der Waals surface area (Å²) >= 11 is 5.90. The molecule has 0 fully saturated rings. The maximum atomic E-state index is 14.1. The standard InChI is InChI=1S/C24H19ClF3N3O/c1-4-20-30-22-21(23(32)31(20)17-10-13(2)9-14(3)11-17)18(24(26,27)28)12-19(29-22)15-5-7-16(25)8-6-15/h5-12H,4H2,1-3H3. The van der Waals surface area contributed by atoms with E-state index in [-0.39, 0.29) is 11.3 Å². The molecule has 4 rings (SSSR count). The molecular formula is C24H19ClF3N3O. The molecule has 0 N–H and O–H groups in total. The summed E-state index contributed by atoms with van der Waals surface area (Å²) in [6, 6.07) is 12.6. The molecule has 0 radical (unpaired) electrons. The van der Waals surface area contributed by atoms with E-state index in [1.165, 1.54) is 4.57 Å². The van der Waals surface area contributed by atoms with Crippen LogP contribution in [0.1, 0.15) is 29.4 Å². The lowest BCUT2D eigenvalue weighted by atomic mass is 10.1. The van der Waals surface area contributed by atoms with Crippen molar-refractivity contribution in [1.29, 1.82) is 0 Å². The van der Waals surface area contributed by atoms with Gasteiger partial charge in [0, 0.05) is 17.0 Å². The molecule has 0 spiro atoms. The Bertz CT molecular complexity index is 1370. The first kappa shape index (κ1) is 22.0. The zero-order chi connectivity index (χ0) is 23.2. The second-order valence-electron chi connectivity index (χ2n) is 7.63. The molecule has 0 atom stereocenters. The highest BCUT2D eigenvalue weighted by atomic mass is 35.5. The third kappa shape index (κ3) is 4.00. The van der Waals surface area contributed by atoms with Crippen LogP contribution in [0.3, 0.4) is 0 Å². The number of aromatic nitrogens is 3. The summed E-state index contributed by atoms with van der Waals surface area (Å²) < 4.78 is 43.5. The highest BCUT2D eigenvalue weighted by Gasteiger charge is 2.36. The summed E-state index contributed by atoms with van der Waals surface area (Å²) in [4.78, 5) is 22.2. The molecule has 2 aromatic heterocycles. The number of hydrogen-bond donors (Lipinski definition) is 0. The molecule has 32 heavy (non-hydrogen) atoms.